The predicted molar refractivity (Wildman–Crippen MR) is 122 cm³/mol. The highest BCUT2D eigenvalue weighted by atomic mass is 19.1. The highest BCUT2D eigenvalue weighted by Crippen LogP contribution is 2.31. The van der Waals surface area contributed by atoms with Gasteiger partial charge < -0.3 is 4.74 Å². The molecule has 0 bridgehead atoms. The summed E-state index contributed by atoms with van der Waals surface area (Å²) in [5.41, 5.74) is 3.94. The molecule has 0 radical (unpaired) electrons. The molecular weight excluding hydrogens is 407 g/mol. The van der Waals surface area contributed by atoms with Crippen molar-refractivity contribution in [2.75, 3.05) is 12.1 Å². The van der Waals surface area contributed by atoms with Gasteiger partial charge in [0.1, 0.15) is 23.0 Å². The second-order valence-electron chi connectivity index (χ2n) is 7.31. The molecule has 0 N–H and O–H groups in total. The number of rotatable bonds is 5. The van der Waals surface area contributed by atoms with Gasteiger partial charge in [-0.2, -0.15) is 15.3 Å². The summed E-state index contributed by atoms with van der Waals surface area (Å²) in [5.74, 6) is 0.0704. The normalized spacial score (nSPS) is 16.0. The van der Waals surface area contributed by atoms with Crippen LogP contribution in [0.25, 0.3) is 11.4 Å². The number of nitrogens with zero attached hydrogens (tertiary/aromatic N) is 6. The SMILES string of the molecule is C=C1C(OC)=CN(c2cc(-n3cccn3)ccc2F)N=C1c1ccnn1C1=CC=CCC1. The fourth-order valence-corrected chi connectivity index (χ4v) is 3.73. The van der Waals surface area contributed by atoms with Gasteiger partial charge in [-0.1, -0.05) is 18.7 Å². The number of methoxy groups -OCH3 is 1. The van der Waals surface area contributed by atoms with Crippen molar-refractivity contribution in [1.29, 1.82) is 0 Å². The van der Waals surface area contributed by atoms with Crippen LogP contribution in [0.15, 0.2) is 96.4 Å². The zero-order valence-corrected chi connectivity index (χ0v) is 17.5. The van der Waals surface area contributed by atoms with Crippen LogP contribution in [0.2, 0.25) is 0 Å². The van der Waals surface area contributed by atoms with Crippen LogP contribution in [-0.2, 0) is 4.74 Å². The molecule has 160 valence electrons. The van der Waals surface area contributed by atoms with Gasteiger partial charge in [0.2, 0.25) is 0 Å². The van der Waals surface area contributed by atoms with Crippen molar-refractivity contribution in [3.05, 3.63) is 103 Å². The molecule has 32 heavy (non-hydrogen) atoms. The zero-order valence-electron chi connectivity index (χ0n) is 17.5. The standard InChI is InChI=1S/C24H21FN6O/c1-17-23(32-2)16-30(22-15-19(9-10-20(22)25)29-14-6-12-26-29)28-24(17)21-11-13-27-31(21)18-7-4-3-5-8-18/h3-4,6-7,9-16H,1,5,8H2,2H3. The summed E-state index contributed by atoms with van der Waals surface area (Å²) in [6.07, 6.45) is 14.8. The summed E-state index contributed by atoms with van der Waals surface area (Å²) in [6, 6.07) is 8.43. The molecule has 1 aliphatic carbocycles. The van der Waals surface area contributed by atoms with E-state index in [0.29, 0.717) is 22.7 Å². The fraction of sp³-hybridized carbons (Fsp3) is 0.125. The van der Waals surface area contributed by atoms with E-state index in [0.717, 1.165) is 24.2 Å². The van der Waals surface area contributed by atoms with E-state index in [2.05, 4.69) is 22.9 Å². The molecule has 7 nitrogen and oxygen atoms in total. The van der Waals surface area contributed by atoms with Gasteiger partial charge >= 0.3 is 0 Å². The topological polar surface area (TPSA) is 60.5 Å². The lowest BCUT2D eigenvalue weighted by molar-refractivity contribution is 0.301. The second kappa shape index (κ2) is 8.14. The van der Waals surface area contributed by atoms with Gasteiger partial charge in [-0.15, -0.1) is 0 Å². The summed E-state index contributed by atoms with van der Waals surface area (Å²) in [6.45, 7) is 4.17. The van der Waals surface area contributed by atoms with Gasteiger partial charge in [-0.05, 0) is 49.2 Å². The van der Waals surface area contributed by atoms with Gasteiger partial charge in [0, 0.05) is 23.7 Å². The van der Waals surface area contributed by atoms with E-state index < -0.39 is 5.82 Å². The van der Waals surface area contributed by atoms with Crippen molar-refractivity contribution >= 4 is 17.1 Å². The molecule has 0 spiro atoms. The van der Waals surface area contributed by atoms with E-state index in [1.54, 1.807) is 48.7 Å². The van der Waals surface area contributed by atoms with Gasteiger partial charge in [0.15, 0.2) is 0 Å². The quantitative estimate of drug-likeness (QED) is 0.593. The van der Waals surface area contributed by atoms with Gasteiger partial charge in [0.05, 0.1) is 30.9 Å². The Balaban J connectivity index is 1.61. The van der Waals surface area contributed by atoms with Crippen molar-refractivity contribution in [2.45, 2.75) is 12.8 Å². The third kappa shape index (κ3) is 3.45. The summed E-state index contributed by atoms with van der Waals surface area (Å²) >= 11 is 0. The fourth-order valence-electron chi connectivity index (χ4n) is 3.73. The number of ether oxygens (including phenoxy) is 1. The molecule has 2 aliphatic rings. The van der Waals surface area contributed by atoms with E-state index in [4.69, 9.17) is 9.84 Å². The van der Waals surface area contributed by atoms with E-state index >= 15 is 0 Å². The first kappa shape index (κ1) is 19.7. The van der Waals surface area contributed by atoms with Gasteiger partial charge in [0.25, 0.3) is 0 Å². The van der Waals surface area contributed by atoms with Crippen LogP contribution in [0, 0.1) is 5.82 Å². The summed E-state index contributed by atoms with van der Waals surface area (Å²) < 4.78 is 24.0. The molecule has 3 heterocycles. The van der Waals surface area contributed by atoms with Crippen LogP contribution in [0.1, 0.15) is 18.5 Å². The van der Waals surface area contributed by atoms with E-state index in [1.165, 1.54) is 11.1 Å². The molecule has 1 aliphatic heterocycles. The maximum absolute atomic E-state index is 14.9. The van der Waals surface area contributed by atoms with Crippen molar-refractivity contribution < 1.29 is 9.13 Å². The van der Waals surface area contributed by atoms with Crippen molar-refractivity contribution in [2.24, 2.45) is 5.10 Å². The lowest BCUT2D eigenvalue weighted by atomic mass is 10.1. The molecule has 0 fully saturated rings. The largest absolute Gasteiger partial charge is 0.494 e. The summed E-state index contributed by atoms with van der Waals surface area (Å²) in [4.78, 5) is 0. The van der Waals surface area contributed by atoms with Crippen LogP contribution >= 0.6 is 0 Å². The number of hydrogen-bond donors (Lipinski definition) is 0. The van der Waals surface area contributed by atoms with Crippen LogP contribution in [0.5, 0.6) is 0 Å². The zero-order chi connectivity index (χ0) is 22.1. The van der Waals surface area contributed by atoms with Crippen LogP contribution in [-0.4, -0.2) is 32.4 Å². The Kier molecular flexibility index (Phi) is 5.03. The Morgan fingerprint density at radius 2 is 2.06 bits per heavy atom. The minimum Gasteiger partial charge on any atom is -0.494 e. The first-order valence-corrected chi connectivity index (χ1v) is 10.2. The number of hydrogen-bond acceptors (Lipinski definition) is 5. The molecule has 0 saturated carbocycles. The average molecular weight is 428 g/mol. The van der Waals surface area contributed by atoms with Crippen molar-refractivity contribution in [1.82, 2.24) is 19.6 Å². The van der Waals surface area contributed by atoms with Crippen LogP contribution in [0.3, 0.4) is 0 Å². The molecule has 1 aromatic carbocycles. The third-order valence-electron chi connectivity index (χ3n) is 5.35. The molecule has 0 unspecified atom stereocenters. The number of hydrazone groups is 1. The van der Waals surface area contributed by atoms with Gasteiger partial charge in [-0.25, -0.2) is 18.8 Å². The minimum absolute atomic E-state index is 0.267. The van der Waals surface area contributed by atoms with Crippen LogP contribution in [0.4, 0.5) is 10.1 Å². The smallest absolute Gasteiger partial charge is 0.149 e. The molecule has 2 aromatic heterocycles. The molecule has 3 aromatic rings. The lowest BCUT2D eigenvalue weighted by Gasteiger charge is -2.26. The van der Waals surface area contributed by atoms with Crippen molar-refractivity contribution in [3.63, 3.8) is 0 Å². The van der Waals surface area contributed by atoms with E-state index in [-0.39, 0.29) is 5.69 Å². The Labute approximate surface area is 184 Å². The van der Waals surface area contributed by atoms with E-state index in [1.807, 2.05) is 29.0 Å². The average Bonchev–Trinajstić information content (AvgIpc) is 3.53. The molecule has 0 saturated heterocycles. The number of anilines is 1. The third-order valence-corrected chi connectivity index (χ3v) is 5.35. The van der Waals surface area contributed by atoms with E-state index in [9.17, 15) is 4.39 Å². The maximum Gasteiger partial charge on any atom is 0.149 e. The molecule has 8 heteroatoms. The number of halogens is 1. The molecule has 5 rings (SSSR count). The first-order chi connectivity index (χ1) is 15.7. The Morgan fingerprint density at radius 3 is 2.81 bits per heavy atom. The molecule has 0 amide bonds. The summed E-state index contributed by atoms with van der Waals surface area (Å²) in [7, 11) is 1.56. The van der Waals surface area contributed by atoms with Crippen molar-refractivity contribution in [3.8, 4) is 5.69 Å². The summed E-state index contributed by atoms with van der Waals surface area (Å²) in [5, 5.41) is 14.9. The monoisotopic (exact) mass is 428 g/mol. The molecular formula is C24H21FN6O. The Hall–Kier alpha value is -4.20. The predicted octanol–water partition coefficient (Wildman–Crippen LogP) is 4.67. The highest BCUT2D eigenvalue weighted by molar-refractivity contribution is 6.15. The lowest BCUT2D eigenvalue weighted by Crippen LogP contribution is -2.25. The van der Waals surface area contributed by atoms with Crippen LogP contribution < -0.4 is 5.01 Å². The number of allylic oxidation sites excluding steroid dienone is 5. The Morgan fingerprint density at radius 1 is 1.16 bits per heavy atom. The second-order valence-corrected chi connectivity index (χ2v) is 7.31. The number of aromatic nitrogens is 4. The molecule has 0 atom stereocenters. The Bertz CT molecular complexity index is 1300. The maximum atomic E-state index is 14.9. The first-order valence-electron chi connectivity index (χ1n) is 10.2. The highest BCUT2D eigenvalue weighted by Gasteiger charge is 2.26. The van der Waals surface area contributed by atoms with Gasteiger partial charge in [-0.3, -0.25) is 0 Å². The number of benzene rings is 1. The minimum atomic E-state index is -0.420.